The minimum absolute atomic E-state index is 0.126. The molecule has 1 atom stereocenters. The first-order chi connectivity index (χ1) is 11.5. The van der Waals surface area contributed by atoms with Crippen molar-refractivity contribution in [1.29, 1.82) is 0 Å². The van der Waals surface area contributed by atoms with Crippen molar-refractivity contribution in [2.75, 3.05) is 19.6 Å². The molecule has 0 bridgehead atoms. The van der Waals surface area contributed by atoms with Gasteiger partial charge in [0.05, 0.1) is 11.1 Å². The van der Waals surface area contributed by atoms with Crippen molar-refractivity contribution < 1.29 is 14.4 Å². The standard InChI is InChI=1S/C18H21BrN2O3/c1-12-4-2-8-20(11-12)16(22)5-3-9-21-17(23)14-7-6-13(19)10-15(14)18(21)24/h6-7,10,12H,2-5,8-9,11H2,1H3. The normalized spacial score (nSPS) is 20.5. The SMILES string of the molecule is CC1CCCN(C(=O)CCCN2C(=O)c3ccc(Br)cc3C2=O)C1. The molecule has 1 aromatic carbocycles. The van der Waals surface area contributed by atoms with Gasteiger partial charge in [-0.3, -0.25) is 19.3 Å². The summed E-state index contributed by atoms with van der Waals surface area (Å²) in [6.45, 7) is 4.10. The molecule has 0 radical (unpaired) electrons. The van der Waals surface area contributed by atoms with Crippen molar-refractivity contribution in [3.05, 3.63) is 33.8 Å². The minimum atomic E-state index is -0.268. The fourth-order valence-electron chi connectivity index (χ4n) is 3.43. The number of fused-ring (bicyclic) bond motifs is 1. The van der Waals surface area contributed by atoms with Gasteiger partial charge in [-0.25, -0.2) is 0 Å². The molecule has 1 saturated heterocycles. The molecule has 0 spiro atoms. The molecule has 0 aliphatic carbocycles. The summed E-state index contributed by atoms with van der Waals surface area (Å²) in [6, 6.07) is 5.10. The van der Waals surface area contributed by atoms with Crippen molar-refractivity contribution in [1.82, 2.24) is 9.80 Å². The molecule has 5 nitrogen and oxygen atoms in total. The average Bonchev–Trinajstić information content (AvgIpc) is 2.79. The highest BCUT2D eigenvalue weighted by atomic mass is 79.9. The number of hydrogen-bond acceptors (Lipinski definition) is 3. The monoisotopic (exact) mass is 392 g/mol. The molecular formula is C18H21BrN2O3. The summed E-state index contributed by atoms with van der Waals surface area (Å²) in [4.78, 5) is 40.1. The van der Waals surface area contributed by atoms with E-state index >= 15 is 0 Å². The number of carbonyl (C=O) groups is 3. The Morgan fingerprint density at radius 2 is 2.00 bits per heavy atom. The first-order valence-corrected chi connectivity index (χ1v) is 9.20. The quantitative estimate of drug-likeness (QED) is 0.739. The Hall–Kier alpha value is -1.69. The third-order valence-corrected chi connectivity index (χ3v) is 5.21. The van der Waals surface area contributed by atoms with Crippen LogP contribution in [0.25, 0.3) is 0 Å². The third kappa shape index (κ3) is 3.38. The number of halogens is 1. The lowest BCUT2D eigenvalue weighted by Gasteiger charge is -2.31. The van der Waals surface area contributed by atoms with E-state index in [1.54, 1.807) is 18.2 Å². The van der Waals surface area contributed by atoms with Crippen molar-refractivity contribution in [2.24, 2.45) is 5.92 Å². The summed E-state index contributed by atoms with van der Waals surface area (Å²) in [5.74, 6) is 0.148. The Balaban J connectivity index is 1.55. The van der Waals surface area contributed by atoms with Crippen LogP contribution in [0, 0.1) is 5.92 Å². The van der Waals surface area contributed by atoms with Gasteiger partial charge in [-0.05, 0) is 43.4 Å². The largest absolute Gasteiger partial charge is 0.342 e. The maximum absolute atomic E-state index is 12.4. The van der Waals surface area contributed by atoms with Crippen LogP contribution in [0.3, 0.4) is 0 Å². The number of likely N-dealkylation sites (tertiary alicyclic amines) is 1. The molecule has 128 valence electrons. The zero-order valence-corrected chi connectivity index (χ0v) is 15.3. The van der Waals surface area contributed by atoms with Crippen molar-refractivity contribution in [3.63, 3.8) is 0 Å². The smallest absolute Gasteiger partial charge is 0.261 e. The Kier molecular flexibility index (Phi) is 5.04. The van der Waals surface area contributed by atoms with Crippen LogP contribution < -0.4 is 0 Å². The number of carbonyl (C=O) groups excluding carboxylic acids is 3. The molecule has 3 rings (SSSR count). The lowest BCUT2D eigenvalue weighted by Crippen LogP contribution is -2.39. The van der Waals surface area contributed by atoms with Gasteiger partial charge in [0.1, 0.15) is 0 Å². The molecule has 2 heterocycles. The van der Waals surface area contributed by atoms with Gasteiger partial charge in [-0.15, -0.1) is 0 Å². The molecule has 2 aliphatic rings. The zero-order valence-electron chi connectivity index (χ0n) is 13.8. The summed E-state index contributed by atoms with van der Waals surface area (Å²) < 4.78 is 0.777. The van der Waals surface area contributed by atoms with E-state index in [-0.39, 0.29) is 17.7 Å². The van der Waals surface area contributed by atoms with Crippen LogP contribution >= 0.6 is 15.9 Å². The molecule has 1 fully saturated rings. The molecule has 2 aliphatic heterocycles. The maximum atomic E-state index is 12.4. The average molecular weight is 393 g/mol. The number of benzene rings is 1. The van der Waals surface area contributed by atoms with Crippen LogP contribution in [0.2, 0.25) is 0 Å². The summed E-state index contributed by atoms with van der Waals surface area (Å²) in [5.41, 5.74) is 0.880. The Morgan fingerprint density at radius 1 is 1.25 bits per heavy atom. The Morgan fingerprint density at radius 3 is 2.75 bits per heavy atom. The van der Waals surface area contributed by atoms with Crippen LogP contribution in [0.5, 0.6) is 0 Å². The Labute approximate surface area is 150 Å². The number of imide groups is 1. The second-order valence-corrected chi connectivity index (χ2v) is 7.56. The fraction of sp³-hybridized carbons (Fsp3) is 0.500. The van der Waals surface area contributed by atoms with Gasteiger partial charge in [0.25, 0.3) is 11.8 Å². The zero-order chi connectivity index (χ0) is 17.3. The van der Waals surface area contributed by atoms with Gasteiger partial charge in [-0.1, -0.05) is 22.9 Å². The van der Waals surface area contributed by atoms with Crippen molar-refractivity contribution >= 4 is 33.7 Å². The molecular weight excluding hydrogens is 372 g/mol. The number of piperidine rings is 1. The highest BCUT2D eigenvalue weighted by molar-refractivity contribution is 9.10. The van der Waals surface area contributed by atoms with Crippen LogP contribution in [-0.2, 0) is 4.79 Å². The van der Waals surface area contributed by atoms with Crippen LogP contribution in [0.1, 0.15) is 53.3 Å². The van der Waals surface area contributed by atoms with E-state index in [0.29, 0.717) is 36.4 Å². The second kappa shape index (κ2) is 7.05. The lowest BCUT2D eigenvalue weighted by atomic mass is 10.00. The minimum Gasteiger partial charge on any atom is -0.342 e. The van der Waals surface area contributed by atoms with Gasteiger partial charge < -0.3 is 4.90 Å². The molecule has 1 aromatic rings. The maximum Gasteiger partial charge on any atom is 0.261 e. The van der Waals surface area contributed by atoms with E-state index in [2.05, 4.69) is 22.9 Å². The molecule has 6 heteroatoms. The molecule has 0 saturated carbocycles. The van der Waals surface area contributed by atoms with Crippen LogP contribution in [-0.4, -0.2) is 47.2 Å². The van der Waals surface area contributed by atoms with Crippen molar-refractivity contribution in [3.8, 4) is 0 Å². The van der Waals surface area contributed by atoms with Crippen molar-refractivity contribution in [2.45, 2.75) is 32.6 Å². The van der Waals surface area contributed by atoms with Gasteiger partial charge >= 0.3 is 0 Å². The Bertz CT molecular complexity index is 689. The summed E-state index contributed by atoms with van der Waals surface area (Å²) in [6.07, 6.45) is 3.12. The van der Waals surface area contributed by atoms with Crippen LogP contribution in [0.4, 0.5) is 0 Å². The third-order valence-electron chi connectivity index (χ3n) is 4.71. The number of nitrogens with zero attached hydrogens (tertiary/aromatic N) is 2. The first kappa shape index (κ1) is 17.1. The predicted molar refractivity (Wildman–Crippen MR) is 93.7 cm³/mol. The second-order valence-electron chi connectivity index (χ2n) is 6.64. The van der Waals surface area contributed by atoms with E-state index in [0.717, 1.165) is 24.0 Å². The number of hydrogen-bond donors (Lipinski definition) is 0. The molecule has 1 unspecified atom stereocenters. The highest BCUT2D eigenvalue weighted by Crippen LogP contribution is 2.26. The predicted octanol–water partition coefficient (Wildman–Crippen LogP) is 3.08. The topological polar surface area (TPSA) is 57.7 Å². The summed E-state index contributed by atoms with van der Waals surface area (Å²) in [7, 11) is 0. The van der Waals surface area contributed by atoms with E-state index in [1.165, 1.54) is 11.3 Å². The van der Waals surface area contributed by atoms with E-state index < -0.39 is 0 Å². The van der Waals surface area contributed by atoms with Gasteiger partial charge in [0.15, 0.2) is 0 Å². The first-order valence-electron chi connectivity index (χ1n) is 8.41. The fourth-order valence-corrected chi connectivity index (χ4v) is 3.79. The molecule has 0 aromatic heterocycles. The molecule has 3 amide bonds. The van der Waals surface area contributed by atoms with Crippen LogP contribution in [0.15, 0.2) is 22.7 Å². The number of rotatable bonds is 4. The van der Waals surface area contributed by atoms with E-state index in [9.17, 15) is 14.4 Å². The summed E-state index contributed by atoms with van der Waals surface area (Å²) in [5, 5.41) is 0. The van der Waals surface area contributed by atoms with Gasteiger partial charge in [0.2, 0.25) is 5.91 Å². The number of amides is 3. The highest BCUT2D eigenvalue weighted by Gasteiger charge is 2.35. The van der Waals surface area contributed by atoms with Gasteiger partial charge in [0, 0.05) is 30.5 Å². The van der Waals surface area contributed by atoms with E-state index in [1.807, 2.05) is 4.90 Å². The molecule has 0 N–H and O–H groups in total. The van der Waals surface area contributed by atoms with Gasteiger partial charge in [-0.2, -0.15) is 0 Å². The van der Waals surface area contributed by atoms with E-state index in [4.69, 9.17) is 0 Å². The molecule has 24 heavy (non-hydrogen) atoms. The summed E-state index contributed by atoms with van der Waals surface area (Å²) >= 11 is 3.32. The lowest BCUT2D eigenvalue weighted by molar-refractivity contribution is -0.133.